The van der Waals surface area contributed by atoms with E-state index in [1.807, 2.05) is 18.2 Å². The second kappa shape index (κ2) is 5.42. The molecular weight excluding hydrogens is 216 g/mol. The van der Waals surface area contributed by atoms with Crippen LogP contribution in [0.4, 0.5) is 0 Å². The van der Waals surface area contributed by atoms with Crippen molar-refractivity contribution in [1.82, 2.24) is 0 Å². The zero-order chi connectivity index (χ0) is 12.1. The molecule has 1 aromatic rings. The first kappa shape index (κ1) is 11.6. The molecule has 17 heavy (non-hydrogen) atoms. The molecule has 0 saturated carbocycles. The molecule has 1 unspecified atom stereocenters. The van der Waals surface area contributed by atoms with Gasteiger partial charge in [0.2, 0.25) is 6.29 Å². The summed E-state index contributed by atoms with van der Waals surface area (Å²) in [5, 5.41) is 9.32. The maximum absolute atomic E-state index is 9.32. The molecule has 0 aromatic heterocycles. The number of ether oxygens (including phenoxy) is 2. The molecule has 0 amide bonds. The molecule has 1 heterocycles. The highest BCUT2D eigenvalue weighted by Gasteiger charge is 2.12. The van der Waals surface area contributed by atoms with Gasteiger partial charge < -0.3 is 14.6 Å². The average molecular weight is 230 g/mol. The summed E-state index contributed by atoms with van der Waals surface area (Å²) >= 11 is 0. The van der Waals surface area contributed by atoms with Crippen LogP contribution in [0.2, 0.25) is 0 Å². The Kier molecular flexibility index (Phi) is 3.69. The second-order valence-electron chi connectivity index (χ2n) is 3.72. The molecule has 1 atom stereocenters. The summed E-state index contributed by atoms with van der Waals surface area (Å²) in [4.78, 5) is 0. The van der Waals surface area contributed by atoms with Gasteiger partial charge in [0.1, 0.15) is 11.5 Å². The van der Waals surface area contributed by atoms with Crippen LogP contribution in [0.15, 0.2) is 24.3 Å². The van der Waals surface area contributed by atoms with Crippen molar-refractivity contribution >= 4 is 6.08 Å². The number of rotatable bonds is 4. The smallest absolute Gasteiger partial charge is 0.217 e. The van der Waals surface area contributed by atoms with Crippen molar-refractivity contribution in [2.24, 2.45) is 0 Å². The Hall–Kier alpha value is -1.92. The van der Waals surface area contributed by atoms with E-state index in [-0.39, 0.29) is 0 Å². The van der Waals surface area contributed by atoms with Crippen molar-refractivity contribution in [3.8, 4) is 23.8 Å². The van der Waals surface area contributed by atoms with Crippen LogP contribution < -0.4 is 9.47 Å². The summed E-state index contributed by atoms with van der Waals surface area (Å²) in [7, 11) is 0. The lowest BCUT2D eigenvalue weighted by molar-refractivity contribution is 0.0229. The maximum Gasteiger partial charge on any atom is 0.217 e. The SMILES string of the molecule is C#CCCCOc1ccc2c(c1)OC(O)C=C2. The van der Waals surface area contributed by atoms with E-state index < -0.39 is 6.29 Å². The van der Waals surface area contributed by atoms with Gasteiger partial charge in [-0.1, -0.05) is 0 Å². The molecule has 0 spiro atoms. The van der Waals surface area contributed by atoms with Crippen molar-refractivity contribution in [2.75, 3.05) is 6.61 Å². The van der Waals surface area contributed by atoms with Gasteiger partial charge in [0.25, 0.3) is 0 Å². The topological polar surface area (TPSA) is 38.7 Å². The lowest BCUT2D eigenvalue weighted by Gasteiger charge is -2.17. The van der Waals surface area contributed by atoms with Crippen molar-refractivity contribution in [2.45, 2.75) is 19.1 Å². The standard InChI is InChI=1S/C14H14O3/c1-2-3-4-9-16-12-7-5-11-6-8-14(15)17-13(11)10-12/h1,5-8,10,14-15H,3-4,9H2. The minimum Gasteiger partial charge on any atom is -0.493 e. The highest BCUT2D eigenvalue weighted by molar-refractivity contribution is 5.61. The number of benzene rings is 1. The molecule has 0 fully saturated rings. The Balaban J connectivity index is 1.99. The zero-order valence-electron chi connectivity index (χ0n) is 9.43. The van der Waals surface area contributed by atoms with Gasteiger partial charge in [0.15, 0.2) is 0 Å². The third kappa shape index (κ3) is 3.02. The summed E-state index contributed by atoms with van der Waals surface area (Å²) in [6.45, 7) is 0.585. The van der Waals surface area contributed by atoms with Crippen molar-refractivity contribution < 1.29 is 14.6 Å². The Bertz CT molecular complexity index is 457. The van der Waals surface area contributed by atoms with E-state index in [1.165, 1.54) is 0 Å². The van der Waals surface area contributed by atoms with E-state index in [0.29, 0.717) is 18.8 Å². The highest BCUT2D eigenvalue weighted by Crippen LogP contribution is 2.29. The van der Waals surface area contributed by atoms with Crippen LogP contribution in [0.5, 0.6) is 11.5 Å². The highest BCUT2D eigenvalue weighted by atomic mass is 16.6. The summed E-state index contributed by atoms with van der Waals surface area (Å²) in [6, 6.07) is 5.55. The minimum atomic E-state index is -0.876. The molecule has 3 heteroatoms. The van der Waals surface area contributed by atoms with E-state index in [1.54, 1.807) is 12.1 Å². The Morgan fingerprint density at radius 3 is 3.18 bits per heavy atom. The minimum absolute atomic E-state index is 0.585. The number of aliphatic hydroxyl groups is 1. The number of unbranched alkanes of at least 4 members (excludes halogenated alkanes) is 1. The number of terminal acetylenes is 1. The van der Waals surface area contributed by atoms with Crippen molar-refractivity contribution in [3.05, 3.63) is 29.8 Å². The molecule has 0 bridgehead atoms. The number of aliphatic hydroxyl groups excluding tert-OH is 1. The summed E-state index contributed by atoms with van der Waals surface area (Å²) in [5.41, 5.74) is 0.936. The summed E-state index contributed by atoms with van der Waals surface area (Å²) < 4.78 is 10.8. The Morgan fingerprint density at radius 1 is 1.47 bits per heavy atom. The molecule has 0 saturated heterocycles. The van der Waals surface area contributed by atoms with Gasteiger partial charge in [-0.15, -0.1) is 12.3 Å². The predicted molar refractivity (Wildman–Crippen MR) is 65.7 cm³/mol. The molecule has 2 rings (SSSR count). The molecule has 1 aliphatic rings. The van der Waals surface area contributed by atoms with E-state index in [2.05, 4.69) is 5.92 Å². The predicted octanol–water partition coefficient (Wildman–Crippen LogP) is 2.20. The second-order valence-corrected chi connectivity index (χ2v) is 3.72. The van der Waals surface area contributed by atoms with E-state index in [4.69, 9.17) is 15.9 Å². The first-order chi connectivity index (χ1) is 8.29. The first-order valence-electron chi connectivity index (χ1n) is 5.53. The van der Waals surface area contributed by atoms with Crippen LogP contribution in [0.3, 0.4) is 0 Å². The first-order valence-corrected chi connectivity index (χ1v) is 5.53. The molecule has 1 N–H and O–H groups in total. The third-order valence-corrected chi connectivity index (χ3v) is 2.41. The molecule has 1 aromatic carbocycles. The fourth-order valence-electron chi connectivity index (χ4n) is 1.56. The normalized spacial score (nSPS) is 16.8. The lowest BCUT2D eigenvalue weighted by atomic mass is 10.1. The molecule has 3 nitrogen and oxygen atoms in total. The van der Waals surface area contributed by atoms with Gasteiger partial charge in [-0.2, -0.15) is 0 Å². The largest absolute Gasteiger partial charge is 0.493 e. The molecule has 1 aliphatic heterocycles. The van der Waals surface area contributed by atoms with Crippen LogP contribution in [-0.4, -0.2) is 18.0 Å². The Labute approximate surface area is 101 Å². The van der Waals surface area contributed by atoms with Gasteiger partial charge in [0.05, 0.1) is 6.61 Å². The summed E-state index contributed by atoms with van der Waals surface area (Å²) in [6.07, 6.45) is 9.24. The van der Waals surface area contributed by atoms with Crippen LogP contribution >= 0.6 is 0 Å². The van der Waals surface area contributed by atoms with Crippen LogP contribution in [0.1, 0.15) is 18.4 Å². The maximum atomic E-state index is 9.32. The molecule has 0 radical (unpaired) electrons. The van der Waals surface area contributed by atoms with Gasteiger partial charge in [-0.25, -0.2) is 0 Å². The van der Waals surface area contributed by atoms with E-state index in [9.17, 15) is 5.11 Å². The number of fused-ring (bicyclic) bond motifs is 1. The van der Waals surface area contributed by atoms with E-state index >= 15 is 0 Å². The van der Waals surface area contributed by atoms with Gasteiger partial charge >= 0.3 is 0 Å². The van der Waals surface area contributed by atoms with Gasteiger partial charge in [0, 0.05) is 18.1 Å². The lowest BCUT2D eigenvalue weighted by Crippen LogP contribution is -2.15. The van der Waals surface area contributed by atoms with Crippen LogP contribution in [-0.2, 0) is 0 Å². The third-order valence-electron chi connectivity index (χ3n) is 2.41. The van der Waals surface area contributed by atoms with Crippen LogP contribution in [0, 0.1) is 12.3 Å². The Morgan fingerprint density at radius 2 is 2.35 bits per heavy atom. The number of hydrogen-bond donors (Lipinski definition) is 1. The zero-order valence-corrected chi connectivity index (χ0v) is 9.43. The van der Waals surface area contributed by atoms with Crippen molar-refractivity contribution in [3.63, 3.8) is 0 Å². The van der Waals surface area contributed by atoms with Gasteiger partial charge in [-0.05, 0) is 30.7 Å². The number of hydrogen-bond acceptors (Lipinski definition) is 3. The van der Waals surface area contributed by atoms with Crippen LogP contribution in [0.25, 0.3) is 6.08 Å². The van der Waals surface area contributed by atoms with E-state index in [0.717, 1.165) is 17.7 Å². The quantitative estimate of drug-likeness (QED) is 0.636. The fourth-order valence-corrected chi connectivity index (χ4v) is 1.56. The molecule has 0 aliphatic carbocycles. The van der Waals surface area contributed by atoms with Crippen molar-refractivity contribution in [1.29, 1.82) is 0 Å². The average Bonchev–Trinajstić information content (AvgIpc) is 2.34. The fraction of sp³-hybridized carbons (Fsp3) is 0.286. The van der Waals surface area contributed by atoms with Gasteiger partial charge in [-0.3, -0.25) is 0 Å². The molecular formula is C14H14O3. The monoisotopic (exact) mass is 230 g/mol. The summed E-state index contributed by atoms with van der Waals surface area (Å²) in [5.74, 6) is 3.92. The molecule has 88 valence electrons.